The lowest BCUT2D eigenvalue weighted by molar-refractivity contribution is -0.148. The summed E-state index contributed by atoms with van der Waals surface area (Å²) in [5.41, 5.74) is 7.26. The third-order valence-electron chi connectivity index (χ3n) is 5.82. The molecule has 38 heavy (non-hydrogen) atoms. The Labute approximate surface area is 214 Å². The number of amides is 1. The molecular formula is C25H24F4N6O3. The normalized spacial score (nSPS) is 12.4. The van der Waals surface area contributed by atoms with Crippen LogP contribution in [0.2, 0.25) is 0 Å². The van der Waals surface area contributed by atoms with E-state index in [0.29, 0.717) is 16.9 Å². The van der Waals surface area contributed by atoms with E-state index in [1.807, 2.05) is 0 Å². The van der Waals surface area contributed by atoms with Crippen molar-refractivity contribution in [1.82, 2.24) is 24.9 Å². The fraction of sp³-hybridized carbons (Fsp3) is 0.280. The number of ether oxygens (including phenoxy) is 2. The molecule has 0 aliphatic rings. The average Bonchev–Trinajstić information content (AvgIpc) is 3.27. The molecule has 9 nitrogen and oxygen atoms in total. The Bertz CT molecular complexity index is 1490. The third kappa shape index (κ3) is 5.17. The number of benzene rings is 2. The van der Waals surface area contributed by atoms with Crippen LogP contribution in [0.3, 0.4) is 0 Å². The lowest BCUT2D eigenvalue weighted by Gasteiger charge is -2.13. The monoisotopic (exact) mass is 532 g/mol. The van der Waals surface area contributed by atoms with Crippen LogP contribution in [-0.4, -0.2) is 45.4 Å². The molecule has 0 spiro atoms. The van der Waals surface area contributed by atoms with E-state index in [-0.39, 0.29) is 47.3 Å². The summed E-state index contributed by atoms with van der Waals surface area (Å²) in [6, 6.07) is 8.48. The lowest BCUT2D eigenvalue weighted by atomic mass is 10.1. The van der Waals surface area contributed by atoms with E-state index in [0.717, 1.165) is 23.8 Å². The molecule has 0 aliphatic heterocycles. The van der Waals surface area contributed by atoms with Crippen molar-refractivity contribution in [3.05, 3.63) is 65.5 Å². The molecule has 3 N–H and O–H groups in total. The molecule has 0 saturated heterocycles. The van der Waals surface area contributed by atoms with Crippen LogP contribution in [-0.2, 0) is 6.54 Å². The van der Waals surface area contributed by atoms with Crippen LogP contribution in [0.15, 0.2) is 42.7 Å². The van der Waals surface area contributed by atoms with Crippen LogP contribution in [0.4, 0.5) is 23.4 Å². The zero-order valence-electron chi connectivity index (χ0n) is 20.6. The number of fused-ring (bicyclic) bond motifs is 1. The number of nitrogens with two attached hydrogens (primary N) is 1. The van der Waals surface area contributed by atoms with E-state index in [1.54, 1.807) is 25.1 Å². The molecule has 0 saturated carbocycles. The van der Waals surface area contributed by atoms with Crippen molar-refractivity contribution < 1.29 is 31.8 Å². The number of nitrogens with one attached hydrogen (secondary N) is 1. The number of carbonyl (C=O) groups excluding carboxylic acids is 1. The number of imidazole rings is 1. The average molecular weight is 532 g/mol. The molecule has 2 aromatic carbocycles. The summed E-state index contributed by atoms with van der Waals surface area (Å²) in [6.07, 6.45) is -3.50. The quantitative estimate of drug-likeness (QED) is 0.321. The molecule has 2 heterocycles. The SMILES string of the molecule is CCOc1cc(CNC(=O)c2cc(F)ccc2OC)ccc1-c1nc([C@@H](C)C(F)(F)F)n2ncnc(N)c12. The first-order valence-corrected chi connectivity index (χ1v) is 11.5. The first-order chi connectivity index (χ1) is 18.0. The van der Waals surface area contributed by atoms with Gasteiger partial charge in [0.05, 0.1) is 19.3 Å². The van der Waals surface area contributed by atoms with Crippen molar-refractivity contribution in [2.24, 2.45) is 0 Å². The summed E-state index contributed by atoms with van der Waals surface area (Å²) in [4.78, 5) is 20.8. The van der Waals surface area contributed by atoms with E-state index in [2.05, 4.69) is 20.4 Å². The number of nitrogen functional groups attached to an aromatic ring is 1. The van der Waals surface area contributed by atoms with Gasteiger partial charge in [0.2, 0.25) is 0 Å². The summed E-state index contributed by atoms with van der Waals surface area (Å²) in [5, 5.41) is 6.65. The maximum atomic E-state index is 13.7. The minimum Gasteiger partial charge on any atom is -0.496 e. The minimum atomic E-state index is -4.56. The van der Waals surface area contributed by atoms with Gasteiger partial charge >= 0.3 is 6.18 Å². The molecule has 1 amide bonds. The van der Waals surface area contributed by atoms with Crippen molar-refractivity contribution in [3.63, 3.8) is 0 Å². The van der Waals surface area contributed by atoms with E-state index in [4.69, 9.17) is 15.2 Å². The van der Waals surface area contributed by atoms with Crippen LogP contribution in [0.25, 0.3) is 16.8 Å². The van der Waals surface area contributed by atoms with E-state index >= 15 is 0 Å². The fourth-order valence-corrected chi connectivity index (χ4v) is 3.87. The predicted octanol–water partition coefficient (Wildman–Crippen LogP) is 4.52. The number of hydrogen-bond acceptors (Lipinski definition) is 7. The fourth-order valence-electron chi connectivity index (χ4n) is 3.87. The van der Waals surface area contributed by atoms with E-state index in [9.17, 15) is 22.4 Å². The Morgan fingerprint density at radius 3 is 2.63 bits per heavy atom. The molecule has 0 radical (unpaired) electrons. The minimum absolute atomic E-state index is 0.0282. The molecule has 2 aromatic heterocycles. The van der Waals surface area contributed by atoms with Crippen LogP contribution >= 0.6 is 0 Å². The van der Waals surface area contributed by atoms with Gasteiger partial charge in [-0.1, -0.05) is 6.07 Å². The molecule has 1 atom stereocenters. The van der Waals surface area contributed by atoms with Crippen LogP contribution in [0, 0.1) is 5.82 Å². The Kier molecular flexibility index (Phi) is 7.37. The van der Waals surface area contributed by atoms with Gasteiger partial charge < -0.3 is 20.5 Å². The molecule has 4 rings (SSSR count). The van der Waals surface area contributed by atoms with E-state index in [1.165, 1.54) is 19.2 Å². The number of aromatic nitrogens is 4. The van der Waals surface area contributed by atoms with Crippen LogP contribution < -0.4 is 20.5 Å². The smallest absolute Gasteiger partial charge is 0.398 e. The lowest BCUT2D eigenvalue weighted by Crippen LogP contribution is -2.23. The van der Waals surface area contributed by atoms with E-state index < -0.39 is 23.8 Å². The van der Waals surface area contributed by atoms with Gasteiger partial charge in [0.15, 0.2) is 5.82 Å². The molecular weight excluding hydrogens is 508 g/mol. The number of alkyl halides is 3. The number of rotatable bonds is 8. The highest BCUT2D eigenvalue weighted by Gasteiger charge is 2.41. The first kappa shape index (κ1) is 26.6. The first-order valence-electron chi connectivity index (χ1n) is 11.5. The molecule has 13 heteroatoms. The summed E-state index contributed by atoms with van der Waals surface area (Å²) in [5.74, 6) is -2.96. The molecule has 200 valence electrons. The maximum absolute atomic E-state index is 13.7. The number of halogens is 4. The second kappa shape index (κ2) is 10.5. The zero-order valence-corrected chi connectivity index (χ0v) is 20.6. The summed E-state index contributed by atoms with van der Waals surface area (Å²) < 4.78 is 66.3. The van der Waals surface area contributed by atoms with Gasteiger partial charge in [-0.05, 0) is 49.7 Å². The van der Waals surface area contributed by atoms with Crippen molar-refractivity contribution in [3.8, 4) is 22.8 Å². The number of methoxy groups -OCH3 is 1. The number of anilines is 1. The van der Waals surface area contributed by atoms with Crippen molar-refractivity contribution in [1.29, 1.82) is 0 Å². The van der Waals surface area contributed by atoms with Crippen molar-refractivity contribution in [2.75, 3.05) is 19.5 Å². The standard InChI is InChI=1S/C25H24F4N6O3/c1-4-38-19-9-14(11-31-24(36)17-10-15(26)6-8-18(17)37-3)5-7-16(19)20-21-22(30)32-12-33-35(21)23(34-20)13(2)25(27,28)29/h5-10,12-13H,4,11H2,1-3H3,(H,31,36)(H2,30,32,33)/t13-/m1/s1. The van der Waals surface area contributed by atoms with Gasteiger partial charge in [-0.25, -0.2) is 18.9 Å². The molecule has 0 bridgehead atoms. The molecule has 0 unspecified atom stereocenters. The Balaban J connectivity index is 1.71. The summed E-state index contributed by atoms with van der Waals surface area (Å²) in [7, 11) is 1.37. The molecule has 4 aromatic rings. The van der Waals surface area contributed by atoms with Gasteiger partial charge in [-0.3, -0.25) is 4.79 Å². The Morgan fingerprint density at radius 1 is 1.18 bits per heavy atom. The van der Waals surface area contributed by atoms with Gasteiger partial charge in [0.25, 0.3) is 5.91 Å². The van der Waals surface area contributed by atoms with Crippen LogP contribution in [0.1, 0.15) is 41.5 Å². The van der Waals surface area contributed by atoms with Gasteiger partial charge in [0.1, 0.15) is 46.6 Å². The molecule has 0 aliphatic carbocycles. The zero-order chi connectivity index (χ0) is 27.6. The summed E-state index contributed by atoms with van der Waals surface area (Å²) >= 11 is 0. The van der Waals surface area contributed by atoms with Crippen molar-refractivity contribution in [2.45, 2.75) is 32.5 Å². The Hall–Kier alpha value is -4.42. The van der Waals surface area contributed by atoms with Gasteiger partial charge in [0, 0.05) is 12.1 Å². The summed E-state index contributed by atoms with van der Waals surface area (Å²) in [6.45, 7) is 3.02. The maximum Gasteiger partial charge on any atom is 0.398 e. The highest BCUT2D eigenvalue weighted by molar-refractivity contribution is 5.97. The third-order valence-corrected chi connectivity index (χ3v) is 5.82. The largest absolute Gasteiger partial charge is 0.496 e. The topological polar surface area (TPSA) is 117 Å². The van der Waals surface area contributed by atoms with Gasteiger partial charge in [-0.2, -0.15) is 18.3 Å². The predicted molar refractivity (Wildman–Crippen MR) is 130 cm³/mol. The van der Waals surface area contributed by atoms with Crippen LogP contribution in [0.5, 0.6) is 11.5 Å². The molecule has 0 fully saturated rings. The Morgan fingerprint density at radius 2 is 1.95 bits per heavy atom. The van der Waals surface area contributed by atoms with Crippen molar-refractivity contribution >= 4 is 17.2 Å². The number of nitrogens with zero attached hydrogens (tertiary/aromatic N) is 4. The second-order valence-electron chi connectivity index (χ2n) is 8.28. The second-order valence-corrected chi connectivity index (χ2v) is 8.28. The highest BCUT2D eigenvalue weighted by atomic mass is 19.4. The van der Waals surface area contributed by atoms with Gasteiger partial charge in [-0.15, -0.1) is 0 Å². The number of hydrogen-bond donors (Lipinski definition) is 2. The highest BCUT2D eigenvalue weighted by Crippen LogP contribution is 2.39. The number of carbonyl (C=O) groups is 1.